The zero-order valence-corrected chi connectivity index (χ0v) is 11.7. The number of nitrogens with zero attached hydrogens (tertiary/aromatic N) is 1. The number of hydrogen-bond acceptors (Lipinski definition) is 6. The highest BCUT2D eigenvalue weighted by molar-refractivity contribution is 7.13. The minimum Gasteiger partial charge on any atom is -0.484 e. The monoisotopic (exact) mass is 307 g/mol. The predicted octanol–water partition coefficient (Wildman–Crippen LogP) is 1.21. The molecule has 0 spiro atoms. The molecule has 2 rings (SSSR count). The summed E-state index contributed by atoms with van der Waals surface area (Å²) < 4.78 is 5.30. The van der Waals surface area contributed by atoms with Crippen molar-refractivity contribution in [3.05, 3.63) is 41.4 Å². The lowest BCUT2D eigenvalue weighted by Crippen LogP contribution is -2.21. The number of hydroxylamine groups is 1. The molecule has 0 unspecified atom stereocenters. The van der Waals surface area contributed by atoms with Crippen molar-refractivity contribution in [2.24, 2.45) is 0 Å². The molecule has 8 heteroatoms. The van der Waals surface area contributed by atoms with Crippen LogP contribution in [0.3, 0.4) is 0 Å². The molecule has 1 aromatic heterocycles. The van der Waals surface area contributed by atoms with E-state index >= 15 is 0 Å². The van der Waals surface area contributed by atoms with Gasteiger partial charge in [-0.3, -0.25) is 20.1 Å². The van der Waals surface area contributed by atoms with E-state index in [1.807, 2.05) is 18.2 Å². The molecule has 0 bridgehead atoms. The van der Waals surface area contributed by atoms with Crippen LogP contribution in [0.15, 0.2) is 35.7 Å². The molecule has 3 N–H and O–H groups in total. The highest BCUT2D eigenvalue weighted by Crippen LogP contribution is 2.16. The van der Waals surface area contributed by atoms with Crippen LogP contribution in [-0.2, 0) is 16.0 Å². The minimum absolute atomic E-state index is 0.0522. The van der Waals surface area contributed by atoms with Crippen molar-refractivity contribution in [2.45, 2.75) is 6.42 Å². The quantitative estimate of drug-likeness (QED) is 0.550. The maximum atomic E-state index is 11.7. The number of rotatable bonds is 6. The molecular formula is C13H13N3O4S. The van der Waals surface area contributed by atoms with Gasteiger partial charge in [-0.05, 0) is 12.1 Å². The Labute approximate surface area is 124 Å². The second-order valence-electron chi connectivity index (χ2n) is 4.01. The fraction of sp³-hybridized carbons (Fsp3) is 0.154. The first-order chi connectivity index (χ1) is 10.2. The third-order valence-corrected chi connectivity index (χ3v) is 3.18. The Morgan fingerprint density at radius 2 is 2.00 bits per heavy atom. The van der Waals surface area contributed by atoms with Crippen molar-refractivity contribution in [3.63, 3.8) is 0 Å². The standard InChI is InChI=1S/C13H13N3O4S/c17-11(16-19)6-9-8-21-13(14-9)15-12(18)7-20-10-4-2-1-3-5-10/h1-5,8,19H,6-7H2,(H,16,17)(H,14,15,18). The normalized spacial score (nSPS) is 9.95. The Balaban J connectivity index is 1.81. The van der Waals surface area contributed by atoms with Gasteiger partial charge in [-0.1, -0.05) is 18.2 Å². The van der Waals surface area contributed by atoms with Crippen LogP contribution in [0, 0.1) is 0 Å². The predicted molar refractivity (Wildman–Crippen MR) is 76.3 cm³/mol. The first-order valence-corrected chi connectivity index (χ1v) is 6.90. The molecule has 21 heavy (non-hydrogen) atoms. The number of amides is 2. The molecule has 1 aromatic carbocycles. The molecule has 0 saturated heterocycles. The van der Waals surface area contributed by atoms with Gasteiger partial charge in [0.25, 0.3) is 5.91 Å². The molecule has 0 radical (unpaired) electrons. The first-order valence-electron chi connectivity index (χ1n) is 6.02. The smallest absolute Gasteiger partial charge is 0.264 e. The summed E-state index contributed by atoms with van der Waals surface area (Å²) in [6, 6.07) is 8.98. The Morgan fingerprint density at radius 1 is 1.24 bits per heavy atom. The number of hydrogen-bond donors (Lipinski definition) is 3. The van der Waals surface area contributed by atoms with Gasteiger partial charge in [0.1, 0.15) is 5.75 Å². The van der Waals surface area contributed by atoms with Gasteiger partial charge < -0.3 is 4.74 Å². The third-order valence-electron chi connectivity index (χ3n) is 2.38. The summed E-state index contributed by atoms with van der Waals surface area (Å²) in [5, 5.41) is 13.0. The maximum absolute atomic E-state index is 11.7. The molecule has 0 saturated carbocycles. The second kappa shape index (κ2) is 7.36. The molecular weight excluding hydrogens is 294 g/mol. The molecule has 110 valence electrons. The summed E-state index contributed by atoms with van der Waals surface area (Å²) >= 11 is 1.19. The number of anilines is 1. The van der Waals surface area contributed by atoms with Crippen molar-refractivity contribution < 1.29 is 19.5 Å². The van der Waals surface area contributed by atoms with Gasteiger partial charge in [-0.15, -0.1) is 11.3 Å². The Bertz CT molecular complexity index is 615. The van der Waals surface area contributed by atoms with Crippen LogP contribution in [0.1, 0.15) is 5.69 Å². The van der Waals surface area contributed by atoms with Gasteiger partial charge in [0.05, 0.1) is 12.1 Å². The van der Waals surface area contributed by atoms with Gasteiger partial charge in [0.2, 0.25) is 5.91 Å². The summed E-state index contributed by atoms with van der Waals surface area (Å²) in [7, 11) is 0. The van der Waals surface area contributed by atoms with E-state index in [9.17, 15) is 9.59 Å². The summed E-state index contributed by atoms with van der Waals surface area (Å²) in [6.45, 7) is -0.129. The van der Waals surface area contributed by atoms with Gasteiger partial charge >= 0.3 is 0 Å². The highest BCUT2D eigenvalue weighted by Gasteiger charge is 2.09. The Kier molecular flexibility index (Phi) is 5.24. The topological polar surface area (TPSA) is 101 Å². The number of carbonyl (C=O) groups excluding carboxylic acids is 2. The van der Waals surface area contributed by atoms with Gasteiger partial charge in [-0.2, -0.15) is 0 Å². The van der Waals surface area contributed by atoms with Gasteiger partial charge in [0, 0.05) is 5.38 Å². The number of thiazole rings is 1. The molecule has 1 heterocycles. The summed E-state index contributed by atoms with van der Waals surface area (Å²) in [5.41, 5.74) is 1.98. The lowest BCUT2D eigenvalue weighted by molar-refractivity contribution is -0.128. The third kappa shape index (κ3) is 4.86. The van der Waals surface area contributed by atoms with E-state index in [0.29, 0.717) is 16.6 Å². The lowest BCUT2D eigenvalue weighted by atomic mass is 10.3. The number of benzene rings is 1. The summed E-state index contributed by atoms with van der Waals surface area (Å²) in [5.74, 6) is -0.302. The number of nitrogens with one attached hydrogen (secondary N) is 2. The van der Waals surface area contributed by atoms with Crippen LogP contribution >= 0.6 is 11.3 Å². The second-order valence-corrected chi connectivity index (χ2v) is 4.86. The van der Waals surface area contributed by atoms with Crippen LogP contribution in [0.2, 0.25) is 0 Å². The van der Waals surface area contributed by atoms with Crippen molar-refractivity contribution in [3.8, 4) is 5.75 Å². The van der Waals surface area contributed by atoms with Crippen LogP contribution in [-0.4, -0.2) is 28.6 Å². The Hall–Kier alpha value is -2.45. The van der Waals surface area contributed by atoms with Crippen molar-refractivity contribution >= 4 is 28.3 Å². The number of carbonyl (C=O) groups is 2. The molecule has 0 aliphatic rings. The molecule has 0 aliphatic carbocycles. The fourth-order valence-corrected chi connectivity index (χ4v) is 2.20. The van der Waals surface area contributed by atoms with Crippen LogP contribution in [0.4, 0.5) is 5.13 Å². The zero-order chi connectivity index (χ0) is 15.1. The van der Waals surface area contributed by atoms with Crippen molar-refractivity contribution in [2.75, 3.05) is 11.9 Å². The number of ether oxygens (including phenoxy) is 1. The molecule has 7 nitrogen and oxygen atoms in total. The van der Waals surface area contributed by atoms with Crippen LogP contribution < -0.4 is 15.5 Å². The van der Waals surface area contributed by atoms with E-state index in [-0.39, 0.29) is 18.9 Å². The fourth-order valence-electron chi connectivity index (χ4n) is 1.47. The van der Waals surface area contributed by atoms with Crippen molar-refractivity contribution in [1.82, 2.24) is 10.5 Å². The number of para-hydroxylation sites is 1. The van der Waals surface area contributed by atoms with Gasteiger partial charge in [0.15, 0.2) is 11.7 Å². The van der Waals surface area contributed by atoms with Crippen LogP contribution in [0.5, 0.6) is 5.75 Å². The number of aromatic nitrogens is 1. The average molecular weight is 307 g/mol. The first kappa shape index (κ1) is 14.9. The summed E-state index contributed by atoms with van der Waals surface area (Å²) in [4.78, 5) is 26.7. The van der Waals surface area contributed by atoms with E-state index in [2.05, 4.69) is 10.3 Å². The van der Waals surface area contributed by atoms with E-state index in [1.165, 1.54) is 16.8 Å². The maximum Gasteiger partial charge on any atom is 0.264 e. The zero-order valence-electron chi connectivity index (χ0n) is 10.9. The van der Waals surface area contributed by atoms with Gasteiger partial charge in [-0.25, -0.2) is 10.5 Å². The Morgan fingerprint density at radius 3 is 2.71 bits per heavy atom. The SMILES string of the molecule is O=C(Cc1csc(NC(=O)COc2ccccc2)n1)NO. The largest absolute Gasteiger partial charge is 0.484 e. The van der Waals surface area contributed by atoms with E-state index in [4.69, 9.17) is 9.94 Å². The van der Waals surface area contributed by atoms with Crippen LogP contribution in [0.25, 0.3) is 0 Å². The highest BCUT2D eigenvalue weighted by atomic mass is 32.1. The molecule has 0 fully saturated rings. The molecule has 0 aliphatic heterocycles. The van der Waals surface area contributed by atoms with E-state index < -0.39 is 5.91 Å². The molecule has 2 amide bonds. The lowest BCUT2D eigenvalue weighted by Gasteiger charge is -2.05. The van der Waals surface area contributed by atoms with E-state index in [0.717, 1.165) is 0 Å². The van der Waals surface area contributed by atoms with Crippen molar-refractivity contribution in [1.29, 1.82) is 0 Å². The summed E-state index contributed by atoms with van der Waals surface area (Å²) in [6.07, 6.45) is -0.0522. The van der Waals surface area contributed by atoms with E-state index in [1.54, 1.807) is 17.5 Å². The average Bonchev–Trinajstić information content (AvgIpc) is 2.93. The molecule has 2 aromatic rings. The minimum atomic E-state index is -0.564. The molecule has 0 atom stereocenters.